The topological polar surface area (TPSA) is 48.4 Å². The van der Waals surface area contributed by atoms with Crippen molar-refractivity contribution < 1.29 is 14.3 Å². The van der Waals surface area contributed by atoms with Gasteiger partial charge in [-0.1, -0.05) is 24.3 Å². The van der Waals surface area contributed by atoms with Crippen molar-refractivity contribution in [1.82, 2.24) is 4.98 Å². The van der Waals surface area contributed by atoms with Crippen LogP contribution in [0.1, 0.15) is 16.1 Å². The highest BCUT2D eigenvalue weighted by Crippen LogP contribution is 2.33. The summed E-state index contributed by atoms with van der Waals surface area (Å²) in [5, 5.41) is 1.85. The molecule has 0 atom stereocenters. The standard InChI is InChI=1S/C17H11NO3/c19-17(12-5-6-14-15(9-12)21-10-20-14)16-13-4-2-1-3-11(13)7-8-18-16/h1-9H,10H2. The number of carbonyl (C=O) groups excluding carboxylic acids is 1. The number of rotatable bonds is 2. The number of ether oxygens (including phenoxy) is 2. The van der Waals surface area contributed by atoms with Gasteiger partial charge in [-0.3, -0.25) is 9.78 Å². The van der Waals surface area contributed by atoms with E-state index in [-0.39, 0.29) is 12.6 Å². The van der Waals surface area contributed by atoms with Crippen LogP contribution in [0.15, 0.2) is 54.7 Å². The van der Waals surface area contributed by atoms with Crippen LogP contribution in [0.3, 0.4) is 0 Å². The highest BCUT2D eigenvalue weighted by atomic mass is 16.7. The van der Waals surface area contributed by atoms with Crippen molar-refractivity contribution in [3.63, 3.8) is 0 Å². The van der Waals surface area contributed by atoms with Crippen LogP contribution in [0.4, 0.5) is 0 Å². The zero-order valence-corrected chi connectivity index (χ0v) is 11.1. The van der Waals surface area contributed by atoms with Gasteiger partial charge < -0.3 is 9.47 Å². The van der Waals surface area contributed by atoms with Crippen LogP contribution in [0, 0.1) is 0 Å². The van der Waals surface area contributed by atoms with Crippen LogP contribution in [-0.4, -0.2) is 17.6 Å². The number of fused-ring (bicyclic) bond motifs is 2. The van der Waals surface area contributed by atoms with E-state index in [1.165, 1.54) is 0 Å². The molecule has 0 bridgehead atoms. The molecule has 0 N–H and O–H groups in total. The zero-order valence-electron chi connectivity index (χ0n) is 11.1. The lowest BCUT2D eigenvalue weighted by Crippen LogP contribution is -2.04. The van der Waals surface area contributed by atoms with Gasteiger partial charge in [-0.05, 0) is 29.7 Å². The average Bonchev–Trinajstić information content (AvgIpc) is 3.01. The molecule has 0 saturated carbocycles. The Bertz CT molecular complexity index is 852. The van der Waals surface area contributed by atoms with Crippen molar-refractivity contribution in [3.8, 4) is 11.5 Å². The number of aromatic nitrogens is 1. The zero-order chi connectivity index (χ0) is 14.2. The summed E-state index contributed by atoms with van der Waals surface area (Å²) in [6.07, 6.45) is 1.66. The number of hydrogen-bond donors (Lipinski definition) is 0. The Morgan fingerprint density at radius 1 is 1.00 bits per heavy atom. The Kier molecular flexibility index (Phi) is 2.60. The molecule has 21 heavy (non-hydrogen) atoms. The normalized spacial score (nSPS) is 12.6. The Hall–Kier alpha value is -2.88. The van der Waals surface area contributed by atoms with Gasteiger partial charge in [0.1, 0.15) is 5.69 Å². The predicted molar refractivity (Wildman–Crippen MR) is 77.7 cm³/mol. The van der Waals surface area contributed by atoms with Crippen LogP contribution in [0.5, 0.6) is 11.5 Å². The van der Waals surface area contributed by atoms with E-state index in [1.54, 1.807) is 24.4 Å². The van der Waals surface area contributed by atoms with E-state index in [0.29, 0.717) is 22.8 Å². The minimum absolute atomic E-state index is 0.120. The molecule has 0 spiro atoms. The van der Waals surface area contributed by atoms with Gasteiger partial charge in [-0.25, -0.2) is 0 Å². The molecule has 1 aliphatic rings. The van der Waals surface area contributed by atoms with Crippen molar-refractivity contribution in [2.24, 2.45) is 0 Å². The molecular weight excluding hydrogens is 266 g/mol. The Balaban J connectivity index is 1.83. The number of nitrogens with zero attached hydrogens (tertiary/aromatic N) is 1. The Labute approximate surface area is 121 Å². The van der Waals surface area contributed by atoms with Gasteiger partial charge in [0.2, 0.25) is 12.6 Å². The van der Waals surface area contributed by atoms with Crippen molar-refractivity contribution in [1.29, 1.82) is 0 Å². The van der Waals surface area contributed by atoms with Gasteiger partial charge in [0.05, 0.1) is 0 Å². The number of benzene rings is 2. The molecule has 0 radical (unpaired) electrons. The molecule has 1 aliphatic heterocycles. The van der Waals surface area contributed by atoms with E-state index >= 15 is 0 Å². The van der Waals surface area contributed by atoms with Gasteiger partial charge in [-0.2, -0.15) is 0 Å². The SMILES string of the molecule is O=C(c1ccc2c(c1)OCO2)c1nccc2ccccc12. The lowest BCUT2D eigenvalue weighted by molar-refractivity contribution is 0.103. The van der Waals surface area contributed by atoms with Crippen molar-refractivity contribution in [3.05, 3.63) is 66.0 Å². The Morgan fingerprint density at radius 3 is 2.81 bits per heavy atom. The summed E-state index contributed by atoms with van der Waals surface area (Å²) in [7, 11) is 0. The van der Waals surface area contributed by atoms with Gasteiger partial charge >= 0.3 is 0 Å². The van der Waals surface area contributed by atoms with E-state index in [9.17, 15) is 4.79 Å². The first-order valence-corrected chi connectivity index (χ1v) is 6.61. The van der Waals surface area contributed by atoms with Crippen molar-refractivity contribution in [2.75, 3.05) is 6.79 Å². The van der Waals surface area contributed by atoms with Crippen LogP contribution in [0.2, 0.25) is 0 Å². The van der Waals surface area contributed by atoms with Crippen LogP contribution < -0.4 is 9.47 Å². The molecular formula is C17H11NO3. The molecule has 0 saturated heterocycles. The fraction of sp³-hybridized carbons (Fsp3) is 0.0588. The molecule has 4 rings (SSSR count). The molecule has 4 nitrogen and oxygen atoms in total. The first kappa shape index (κ1) is 11.9. The third kappa shape index (κ3) is 1.92. The van der Waals surface area contributed by atoms with Crippen LogP contribution >= 0.6 is 0 Å². The molecule has 0 aliphatic carbocycles. The summed E-state index contributed by atoms with van der Waals surface area (Å²) in [6, 6.07) is 14.8. The van der Waals surface area contributed by atoms with Gasteiger partial charge in [0, 0.05) is 17.1 Å². The summed E-state index contributed by atoms with van der Waals surface area (Å²) in [4.78, 5) is 17.0. The summed E-state index contributed by atoms with van der Waals surface area (Å²) < 4.78 is 10.6. The maximum atomic E-state index is 12.7. The third-order valence-electron chi connectivity index (χ3n) is 3.52. The molecule has 4 heteroatoms. The fourth-order valence-electron chi connectivity index (χ4n) is 2.48. The third-order valence-corrected chi connectivity index (χ3v) is 3.52. The van der Waals surface area contributed by atoms with Crippen molar-refractivity contribution in [2.45, 2.75) is 0 Å². The van der Waals surface area contributed by atoms with E-state index < -0.39 is 0 Å². The van der Waals surface area contributed by atoms with Gasteiger partial charge in [-0.15, -0.1) is 0 Å². The van der Waals surface area contributed by atoms with E-state index in [0.717, 1.165) is 10.8 Å². The van der Waals surface area contributed by atoms with E-state index in [4.69, 9.17) is 9.47 Å². The molecule has 2 aromatic carbocycles. The number of hydrogen-bond acceptors (Lipinski definition) is 4. The smallest absolute Gasteiger partial charge is 0.231 e. The molecule has 3 aromatic rings. The summed E-state index contributed by atoms with van der Waals surface area (Å²) >= 11 is 0. The second kappa shape index (κ2) is 4.59. The second-order valence-electron chi connectivity index (χ2n) is 4.78. The monoisotopic (exact) mass is 277 g/mol. The molecule has 1 aromatic heterocycles. The molecule has 0 fully saturated rings. The first-order chi connectivity index (χ1) is 10.3. The quantitative estimate of drug-likeness (QED) is 0.675. The summed E-state index contributed by atoms with van der Waals surface area (Å²) in [5.74, 6) is 1.14. The lowest BCUT2D eigenvalue weighted by Gasteiger charge is -2.05. The van der Waals surface area contributed by atoms with Crippen LogP contribution in [-0.2, 0) is 0 Å². The lowest BCUT2D eigenvalue weighted by atomic mass is 10.0. The number of ketones is 1. The van der Waals surface area contributed by atoms with Crippen molar-refractivity contribution >= 4 is 16.6 Å². The maximum Gasteiger partial charge on any atom is 0.231 e. The highest BCUT2D eigenvalue weighted by molar-refractivity contribution is 6.15. The van der Waals surface area contributed by atoms with Gasteiger partial charge in [0.15, 0.2) is 11.5 Å². The largest absolute Gasteiger partial charge is 0.454 e. The average molecular weight is 277 g/mol. The van der Waals surface area contributed by atoms with E-state index in [2.05, 4.69) is 4.98 Å². The molecule has 102 valence electrons. The number of pyridine rings is 1. The Morgan fingerprint density at radius 2 is 1.86 bits per heavy atom. The molecule has 0 unspecified atom stereocenters. The fourth-order valence-corrected chi connectivity index (χ4v) is 2.48. The first-order valence-electron chi connectivity index (χ1n) is 6.61. The second-order valence-corrected chi connectivity index (χ2v) is 4.78. The van der Waals surface area contributed by atoms with Crippen LogP contribution in [0.25, 0.3) is 10.8 Å². The van der Waals surface area contributed by atoms with Gasteiger partial charge in [0.25, 0.3) is 0 Å². The minimum Gasteiger partial charge on any atom is -0.454 e. The molecule has 2 heterocycles. The predicted octanol–water partition coefficient (Wildman–Crippen LogP) is 3.19. The minimum atomic E-state index is -0.120. The highest BCUT2D eigenvalue weighted by Gasteiger charge is 2.19. The summed E-state index contributed by atoms with van der Waals surface area (Å²) in [5.41, 5.74) is 0.995. The maximum absolute atomic E-state index is 12.7. The van der Waals surface area contributed by atoms with E-state index in [1.807, 2.05) is 30.3 Å². The molecule has 0 amide bonds. The number of carbonyl (C=O) groups is 1. The summed E-state index contributed by atoms with van der Waals surface area (Å²) in [6.45, 7) is 0.194.